The molecule has 2 aromatic carbocycles. The summed E-state index contributed by atoms with van der Waals surface area (Å²) in [6.07, 6.45) is 0. The first kappa shape index (κ1) is 15.1. The van der Waals surface area contributed by atoms with E-state index in [-0.39, 0.29) is 12.5 Å². The lowest BCUT2D eigenvalue weighted by atomic mass is 10.2. The molecule has 108 valence electrons. The molecule has 1 amide bonds. The Bertz CT molecular complexity index is 626. The van der Waals surface area contributed by atoms with Crippen molar-refractivity contribution in [2.24, 2.45) is 0 Å². The van der Waals surface area contributed by atoms with E-state index in [4.69, 9.17) is 16.3 Å². The first-order valence-electron chi connectivity index (χ1n) is 6.32. The van der Waals surface area contributed by atoms with Crippen LogP contribution in [0.4, 0.5) is 5.69 Å². The minimum absolute atomic E-state index is 0.302. The molecule has 0 heterocycles. The molecule has 0 aliphatic heterocycles. The predicted molar refractivity (Wildman–Crippen MR) is 81.6 cm³/mol. The van der Waals surface area contributed by atoms with Crippen LogP contribution < -0.4 is 4.90 Å². The summed E-state index contributed by atoms with van der Waals surface area (Å²) >= 11 is 5.74. The average Bonchev–Trinajstić information content (AvgIpc) is 2.53. The van der Waals surface area contributed by atoms with Crippen molar-refractivity contribution in [3.63, 3.8) is 0 Å². The minimum atomic E-state index is -0.554. The van der Waals surface area contributed by atoms with Gasteiger partial charge in [-0.1, -0.05) is 29.8 Å². The van der Waals surface area contributed by atoms with E-state index in [0.29, 0.717) is 10.6 Å². The maximum atomic E-state index is 12.0. The Labute approximate surface area is 127 Å². The molecule has 0 spiro atoms. The van der Waals surface area contributed by atoms with E-state index in [1.165, 1.54) is 4.90 Å². The third-order valence-corrected chi connectivity index (χ3v) is 3.18. The number of carbonyl (C=O) groups excluding carboxylic acids is 2. The van der Waals surface area contributed by atoms with Crippen LogP contribution >= 0.6 is 11.6 Å². The van der Waals surface area contributed by atoms with Crippen LogP contribution in [0.5, 0.6) is 0 Å². The van der Waals surface area contributed by atoms with Crippen molar-refractivity contribution in [3.8, 4) is 0 Å². The van der Waals surface area contributed by atoms with Crippen LogP contribution in [0.25, 0.3) is 0 Å². The Hall–Kier alpha value is -2.33. The van der Waals surface area contributed by atoms with E-state index in [1.807, 2.05) is 18.2 Å². The molecule has 0 unspecified atom stereocenters. The minimum Gasteiger partial charge on any atom is -0.452 e. The number of para-hydroxylation sites is 1. The second-order valence-corrected chi connectivity index (χ2v) is 4.81. The van der Waals surface area contributed by atoms with Gasteiger partial charge in [0.15, 0.2) is 6.61 Å². The molecule has 0 aliphatic rings. The van der Waals surface area contributed by atoms with Crippen LogP contribution in [0.3, 0.4) is 0 Å². The summed E-state index contributed by atoms with van der Waals surface area (Å²) < 4.78 is 5.00. The van der Waals surface area contributed by atoms with E-state index < -0.39 is 5.97 Å². The van der Waals surface area contributed by atoms with Gasteiger partial charge in [-0.3, -0.25) is 4.79 Å². The highest BCUT2D eigenvalue weighted by molar-refractivity contribution is 6.30. The summed E-state index contributed by atoms with van der Waals surface area (Å²) in [6, 6.07) is 15.4. The molecule has 0 saturated carbocycles. The summed E-state index contributed by atoms with van der Waals surface area (Å²) in [4.78, 5) is 25.2. The third-order valence-electron chi connectivity index (χ3n) is 2.92. The fraction of sp³-hybridized carbons (Fsp3) is 0.125. The molecule has 0 fully saturated rings. The predicted octanol–water partition coefficient (Wildman–Crippen LogP) is 3.16. The Morgan fingerprint density at radius 3 is 2.29 bits per heavy atom. The standard InChI is InChI=1S/C16H14ClNO3/c1-18(14-5-3-2-4-6-14)15(19)11-21-16(20)12-7-9-13(17)10-8-12/h2-10H,11H2,1H3. The molecule has 21 heavy (non-hydrogen) atoms. The number of hydrogen-bond donors (Lipinski definition) is 0. The van der Waals surface area contributed by atoms with Crippen molar-refractivity contribution >= 4 is 29.2 Å². The monoisotopic (exact) mass is 303 g/mol. The van der Waals surface area contributed by atoms with E-state index in [2.05, 4.69) is 0 Å². The largest absolute Gasteiger partial charge is 0.452 e. The Balaban J connectivity index is 1.92. The van der Waals surface area contributed by atoms with E-state index in [9.17, 15) is 9.59 Å². The van der Waals surface area contributed by atoms with Gasteiger partial charge in [0.25, 0.3) is 5.91 Å². The third kappa shape index (κ3) is 4.07. The number of nitrogens with zero attached hydrogens (tertiary/aromatic N) is 1. The van der Waals surface area contributed by atoms with Gasteiger partial charge < -0.3 is 9.64 Å². The molecular formula is C16H14ClNO3. The maximum absolute atomic E-state index is 12.0. The van der Waals surface area contributed by atoms with Crippen LogP contribution in [-0.2, 0) is 9.53 Å². The zero-order valence-corrected chi connectivity index (χ0v) is 12.2. The normalized spacial score (nSPS) is 10.0. The van der Waals surface area contributed by atoms with Crippen molar-refractivity contribution in [2.75, 3.05) is 18.6 Å². The fourth-order valence-corrected chi connectivity index (χ4v) is 1.81. The van der Waals surface area contributed by atoms with Crippen molar-refractivity contribution in [2.45, 2.75) is 0 Å². The highest BCUT2D eigenvalue weighted by Gasteiger charge is 2.14. The van der Waals surface area contributed by atoms with Crippen LogP contribution in [0.1, 0.15) is 10.4 Å². The Morgan fingerprint density at radius 2 is 1.67 bits per heavy atom. The van der Waals surface area contributed by atoms with Gasteiger partial charge in [0.1, 0.15) is 0 Å². The Morgan fingerprint density at radius 1 is 1.05 bits per heavy atom. The zero-order valence-electron chi connectivity index (χ0n) is 11.5. The number of esters is 1. The topological polar surface area (TPSA) is 46.6 Å². The SMILES string of the molecule is CN(C(=O)COC(=O)c1ccc(Cl)cc1)c1ccccc1. The summed E-state index contributed by atoms with van der Waals surface area (Å²) in [5, 5.41) is 0.534. The molecular weight excluding hydrogens is 290 g/mol. The fourth-order valence-electron chi connectivity index (χ4n) is 1.69. The van der Waals surface area contributed by atoms with Gasteiger partial charge in [0.05, 0.1) is 5.56 Å². The molecule has 0 aromatic heterocycles. The van der Waals surface area contributed by atoms with Crippen molar-refractivity contribution in [1.82, 2.24) is 0 Å². The van der Waals surface area contributed by atoms with Crippen molar-refractivity contribution < 1.29 is 14.3 Å². The van der Waals surface area contributed by atoms with Gasteiger partial charge in [-0.05, 0) is 36.4 Å². The lowest BCUT2D eigenvalue weighted by Crippen LogP contribution is -2.31. The van der Waals surface area contributed by atoms with Gasteiger partial charge in [-0.15, -0.1) is 0 Å². The lowest BCUT2D eigenvalue weighted by Gasteiger charge is -2.17. The van der Waals surface area contributed by atoms with Gasteiger partial charge in [0, 0.05) is 17.8 Å². The number of benzene rings is 2. The molecule has 2 rings (SSSR count). The van der Waals surface area contributed by atoms with Gasteiger partial charge in [-0.25, -0.2) is 4.79 Å². The number of rotatable bonds is 4. The van der Waals surface area contributed by atoms with Crippen molar-refractivity contribution in [1.29, 1.82) is 0 Å². The quantitative estimate of drug-likeness (QED) is 0.815. The first-order valence-corrected chi connectivity index (χ1v) is 6.70. The number of amides is 1. The maximum Gasteiger partial charge on any atom is 0.338 e. The second-order valence-electron chi connectivity index (χ2n) is 4.37. The van der Waals surface area contributed by atoms with E-state index >= 15 is 0 Å². The van der Waals surface area contributed by atoms with Crippen molar-refractivity contribution in [3.05, 3.63) is 65.2 Å². The molecule has 0 aliphatic carbocycles. The average molecular weight is 304 g/mol. The second kappa shape index (κ2) is 6.90. The van der Waals surface area contributed by atoms with Crippen LogP contribution in [0, 0.1) is 0 Å². The summed E-state index contributed by atoms with van der Waals surface area (Å²) in [5.41, 5.74) is 1.10. The number of anilines is 1. The molecule has 0 radical (unpaired) electrons. The van der Waals surface area contributed by atoms with Crippen LogP contribution in [0.2, 0.25) is 5.02 Å². The smallest absolute Gasteiger partial charge is 0.338 e. The highest BCUT2D eigenvalue weighted by atomic mass is 35.5. The molecule has 4 nitrogen and oxygen atoms in total. The number of likely N-dealkylation sites (N-methyl/N-ethyl adjacent to an activating group) is 1. The number of ether oxygens (including phenoxy) is 1. The van der Waals surface area contributed by atoms with Gasteiger partial charge in [0.2, 0.25) is 0 Å². The molecule has 5 heteroatoms. The van der Waals surface area contributed by atoms with E-state index in [1.54, 1.807) is 43.4 Å². The number of hydrogen-bond acceptors (Lipinski definition) is 3. The molecule has 2 aromatic rings. The number of carbonyl (C=O) groups is 2. The van der Waals surface area contributed by atoms with E-state index in [0.717, 1.165) is 5.69 Å². The summed E-state index contributed by atoms with van der Waals surface area (Å²) in [6.45, 7) is -0.313. The molecule has 0 bridgehead atoms. The summed E-state index contributed by atoms with van der Waals surface area (Å²) in [7, 11) is 1.63. The van der Waals surface area contributed by atoms with Crippen LogP contribution in [0.15, 0.2) is 54.6 Å². The first-order chi connectivity index (χ1) is 10.1. The zero-order chi connectivity index (χ0) is 15.2. The lowest BCUT2D eigenvalue weighted by molar-refractivity contribution is -0.121. The summed E-state index contributed by atoms with van der Waals surface area (Å²) in [5.74, 6) is -0.856. The highest BCUT2D eigenvalue weighted by Crippen LogP contribution is 2.12. The molecule has 0 saturated heterocycles. The van der Waals surface area contributed by atoms with Gasteiger partial charge >= 0.3 is 5.97 Å². The van der Waals surface area contributed by atoms with Crippen LogP contribution in [-0.4, -0.2) is 25.5 Å². The Kier molecular flexibility index (Phi) is 4.95. The number of halogens is 1. The van der Waals surface area contributed by atoms with Gasteiger partial charge in [-0.2, -0.15) is 0 Å². The molecule has 0 N–H and O–H groups in total. The molecule has 0 atom stereocenters.